The van der Waals surface area contributed by atoms with Crippen molar-refractivity contribution in [1.29, 1.82) is 5.26 Å². The van der Waals surface area contributed by atoms with Crippen molar-refractivity contribution in [3.8, 4) is 6.07 Å². The van der Waals surface area contributed by atoms with Gasteiger partial charge in [-0.15, -0.1) is 0 Å². The Kier molecular flexibility index (Phi) is 13.4. The number of rotatable bonds is 16. The number of hydrogen-bond donors (Lipinski definition) is 2. The molecule has 1 aliphatic heterocycles. The molecule has 56 heavy (non-hydrogen) atoms. The Morgan fingerprint density at radius 1 is 0.946 bits per heavy atom. The number of morpholine rings is 1. The molecule has 14 heteroatoms. The molecule has 1 unspecified atom stereocenters. The van der Waals surface area contributed by atoms with E-state index in [0.717, 1.165) is 16.7 Å². The fourth-order valence-corrected chi connectivity index (χ4v) is 8.98. The number of nitrogens with one attached hydrogen (secondary N) is 2. The Labute approximate surface area is 329 Å². The van der Waals surface area contributed by atoms with Crippen molar-refractivity contribution < 1.29 is 18.6 Å². The van der Waals surface area contributed by atoms with Crippen LogP contribution in [0, 0.1) is 17.2 Å². The van der Waals surface area contributed by atoms with Crippen molar-refractivity contribution in [2.24, 2.45) is 5.92 Å². The van der Waals surface area contributed by atoms with Crippen molar-refractivity contribution in [3.63, 3.8) is 0 Å². The van der Waals surface area contributed by atoms with Gasteiger partial charge in [0.1, 0.15) is 6.23 Å². The number of nitriles is 1. The number of benzene rings is 3. The van der Waals surface area contributed by atoms with Crippen LogP contribution in [0.3, 0.4) is 0 Å². The molecule has 3 atom stereocenters. The number of imidazole rings is 1. The topological polar surface area (TPSA) is 151 Å². The van der Waals surface area contributed by atoms with Crippen molar-refractivity contribution in [3.05, 3.63) is 124 Å². The Bertz CT molecular complexity index is 2030. The number of fused-ring (bicyclic) bond motifs is 1. The maximum atomic E-state index is 13.3. The maximum Gasteiger partial charge on any atom is 0.280 e. The molecule has 1 amide bonds. The number of aromatic nitrogens is 4. The first-order valence-corrected chi connectivity index (χ1v) is 20.2. The minimum absolute atomic E-state index is 0.0327. The molecule has 1 aliphatic rings. The summed E-state index contributed by atoms with van der Waals surface area (Å²) in [4.78, 5) is 40.2. The van der Waals surface area contributed by atoms with Gasteiger partial charge in [0.15, 0.2) is 11.2 Å². The highest BCUT2D eigenvalue weighted by Crippen LogP contribution is 2.48. The molecule has 0 aliphatic carbocycles. The molecule has 1 fully saturated rings. The molecule has 3 heterocycles. The fourth-order valence-electron chi connectivity index (χ4n) is 7.34. The normalized spacial score (nSPS) is 17.2. The van der Waals surface area contributed by atoms with E-state index in [1.54, 1.807) is 24.7 Å². The van der Waals surface area contributed by atoms with Crippen LogP contribution in [0.15, 0.2) is 102 Å². The molecule has 0 spiro atoms. The van der Waals surface area contributed by atoms with Gasteiger partial charge in [0.25, 0.3) is 14.1 Å². The van der Waals surface area contributed by atoms with Gasteiger partial charge in [-0.25, -0.2) is 9.65 Å². The monoisotopic (exact) mass is 778 g/mol. The average molecular weight is 779 g/mol. The lowest BCUT2D eigenvalue weighted by Gasteiger charge is -2.50. The lowest BCUT2D eigenvalue weighted by molar-refractivity contribution is -0.146. The van der Waals surface area contributed by atoms with E-state index in [2.05, 4.69) is 131 Å². The van der Waals surface area contributed by atoms with Crippen LogP contribution >= 0.6 is 8.53 Å². The molecule has 13 nitrogen and oxygen atoms in total. The molecular formula is C42H51N8O5P. The van der Waals surface area contributed by atoms with Crippen LogP contribution in [0.1, 0.15) is 70.9 Å². The molecule has 0 bridgehead atoms. The summed E-state index contributed by atoms with van der Waals surface area (Å²) in [7, 11) is -1.56. The van der Waals surface area contributed by atoms with Crippen LogP contribution in [0.5, 0.6) is 0 Å². The van der Waals surface area contributed by atoms with E-state index < -0.39 is 32.0 Å². The van der Waals surface area contributed by atoms with E-state index in [1.807, 2.05) is 18.2 Å². The van der Waals surface area contributed by atoms with Crippen LogP contribution in [-0.2, 0) is 24.1 Å². The highest BCUT2D eigenvalue weighted by Gasteiger charge is 2.47. The van der Waals surface area contributed by atoms with Gasteiger partial charge < -0.3 is 13.8 Å². The lowest BCUT2D eigenvalue weighted by Crippen LogP contribution is -2.57. The molecule has 0 saturated carbocycles. The largest absolute Gasteiger partial charge is 0.350 e. The number of carbonyl (C=O) groups excluding carboxylic acids is 1. The lowest BCUT2D eigenvalue weighted by atomic mass is 9.75. The second-order valence-electron chi connectivity index (χ2n) is 14.7. The first-order chi connectivity index (χ1) is 27.0. The summed E-state index contributed by atoms with van der Waals surface area (Å²) in [5.41, 5.74) is 2.32. The minimum atomic E-state index is -1.56. The van der Waals surface area contributed by atoms with Gasteiger partial charge in [-0.3, -0.25) is 29.4 Å². The smallest absolute Gasteiger partial charge is 0.280 e. The molecule has 2 aromatic heterocycles. The van der Waals surface area contributed by atoms with Gasteiger partial charge >= 0.3 is 0 Å². The van der Waals surface area contributed by atoms with Crippen molar-refractivity contribution in [1.82, 2.24) is 29.1 Å². The number of ether oxygens (including phenoxy) is 1. The summed E-state index contributed by atoms with van der Waals surface area (Å²) in [5, 5.41) is 12.0. The van der Waals surface area contributed by atoms with Crippen LogP contribution in [0.4, 0.5) is 5.95 Å². The van der Waals surface area contributed by atoms with Gasteiger partial charge in [-0.1, -0.05) is 105 Å². The number of carbonyl (C=O) groups is 1. The SMILES string of the molecule is CC(C)C(=O)Nc1nc2c(ncn2[C@H]2CN(C(c3ccccc3)(c3ccccc3)c3ccccc3)C[C@@H](COP(OCCC#N)N(C(C)C)C(C)C)O2)c(=O)[nH]1. The Hall–Kier alpha value is -4.80. The van der Waals surface area contributed by atoms with Gasteiger partial charge in [0.05, 0.1) is 43.7 Å². The van der Waals surface area contributed by atoms with Crippen molar-refractivity contribution >= 4 is 31.5 Å². The third-order valence-electron chi connectivity index (χ3n) is 9.74. The summed E-state index contributed by atoms with van der Waals surface area (Å²) in [6, 6.07) is 33.7. The van der Waals surface area contributed by atoms with Crippen LogP contribution < -0.4 is 10.9 Å². The summed E-state index contributed by atoms with van der Waals surface area (Å²) >= 11 is 0. The second kappa shape index (κ2) is 18.4. The summed E-state index contributed by atoms with van der Waals surface area (Å²) in [6.45, 7) is 13.2. The van der Waals surface area contributed by atoms with E-state index in [4.69, 9.17) is 18.8 Å². The number of anilines is 1. The van der Waals surface area contributed by atoms with Crippen LogP contribution in [-0.4, -0.2) is 79.5 Å². The zero-order valence-corrected chi connectivity index (χ0v) is 33.7. The third kappa shape index (κ3) is 8.76. The molecule has 5 aromatic rings. The molecule has 2 N–H and O–H groups in total. The van der Waals surface area contributed by atoms with Gasteiger partial charge in [0, 0.05) is 31.1 Å². The van der Waals surface area contributed by atoms with Gasteiger partial charge in [-0.2, -0.15) is 10.2 Å². The first-order valence-electron chi connectivity index (χ1n) is 19.1. The van der Waals surface area contributed by atoms with E-state index >= 15 is 0 Å². The summed E-state index contributed by atoms with van der Waals surface area (Å²) < 4.78 is 23.9. The highest BCUT2D eigenvalue weighted by molar-refractivity contribution is 7.44. The fraction of sp³-hybridized carbons (Fsp3) is 0.405. The third-order valence-corrected chi connectivity index (χ3v) is 11.8. The number of amides is 1. The predicted molar refractivity (Wildman–Crippen MR) is 217 cm³/mol. The number of nitrogens with zero attached hydrogens (tertiary/aromatic N) is 6. The molecule has 3 aromatic carbocycles. The molecule has 0 radical (unpaired) electrons. The maximum absolute atomic E-state index is 13.3. The Morgan fingerprint density at radius 3 is 2.04 bits per heavy atom. The van der Waals surface area contributed by atoms with Crippen molar-refractivity contribution in [2.45, 2.75) is 77.9 Å². The Morgan fingerprint density at radius 2 is 1.52 bits per heavy atom. The van der Waals surface area contributed by atoms with Gasteiger partial charge in [-0.05, 0) is 44.4 Å². The number of aromatic amines is 1. The molecule has 1 saturated heterocycles. The predicted octanol–water partition coefficient (Wildman–Crippen LogP) is 7.20. The van der Waals surface area contributed by atoms with Gasteiger partial charge in [0.2, 0.25) is 11.9 Å². The van der Waals surface area contributed by atoms with Crippen LogP contribution in [0.2, 0.25) is 0 Å². The second-order valence-corrected chi connectivity index (χ2v) is 16.1. The molecule has 294 valence electrons. The summed E-state index contributed by atoms with van der Waals surface area (Å²) in [6.07, 6.45) is 0.613. The zero-order valence-electron chi connectivity index (χ0n) is 32.8. The highest BCUT2D eigenvalue weighted by atomic mass is 31.2. The van der Waals surface area contributed by atoms with E-state index in [1.165, 1.54) is 0 Å². The van der Waals surface area contributed by atoms with Crippen LogP contribution in [0.25, 0.3) is 11.2 Å². The minimum Gasteiger partial charge on any atom is -0.350 e. The average Bonchev–Trinajstić information content (AvgIpc) is 3.63. The number of hydrogen-bond acceptors (Lipinski definition) is 10. The standard InChI is InChI=1S/C42H51N8O5P/c1-29(2)39(51)46-41-45-38-37(40(52)47-41)44-28-49(38)36-26-48(25-35(55-36)27-54-56(53-24-16-23-43)50(30(3)4)31(5)6)42(32-17-10-7-11-18-32,33-19-12-8-13-20-33)34-21-14-9-15-22-34/h7-15,17-22,28-31,35-36H,16,24-27H2,1-6H3,(H2,45,46,47,51,52)/t35-,36+,56?/m0/s1. The van der Waals surface area contributed by atoms with E-state index in [9.17, 15) is 14.9 Å². The quantitative estimate of drug-likeness (QED) is 0.0598. The summed E-state index contributed by atoms with van der Waals surface area (Å²) in [5.74, 6) is -0.569. The Balaban J connectivity index is 1.49. The molecular weight excluding hydrogens is 727 g/mol. The zero-order chi connectivity index (χ0) is 39.8. The van der Waals surface area contributed by atoms with E-state index in [0.29, 0.717) is 13.1 Å². The number of H-pyrrole nitrogens is 1. The van der Waals surface area contributed by atoms with E-state index in [-0.39, 0.29) is 60.7 Å². The van der Waals surface area contributed by atoms with Crippen molar-refractivity contribution in [2.75, 3.05) is 31.6 Å². The first kappa shape index (κ1) is 40.9. The molecule has 6 rings (SSSR count).